The highest BCUT2D eigenvalue weighted by atomic mass is 16.5. The molecule has 2 heteroatoms. The van der Waals surface area contributed by atoms with E-state index in [1.165, 1.54) is 38.5 Å². The van der Waals surface area contributed by atoms with Crippen molar-refractivity contribution in [3.05, 3.63) is 0 Å². The lowest BCUT2D eigenvalue weighted by molar-refractivity contribution is -0.0990. The maximum atomic E-state index is 6.08. The van der Waals surface area contributed by atoms with Crippen LogP contribution in [0.5, 0.6) is 0 Å². The number of nitrogens with one attached hydrogen (secondary N) is 1. The van der Waals surface area contributed by atoms with Crippen LogP contribution >= 0.6 is 0 Å². The van der Waals surface area contributed by atoms with Gasteiger partial charge in [0.05, 0.1) is 5.60 Å². The second kappa shape index (κ2) is 6.49. The van der Waals surface area contributed by atoms with E-state index in [4.69, 9.17) is 4.74 Å². The van der Waals surface area contributed by atoms with Crippen LogP contribution < -0.4 is 5.32 Å². The molecule has 1 aliphatic heterocycles. The van der Waals surface area contributed by atoms with Crippen LogP contribution in [0, 0.1) is 0 Å². The molecule has 1 aliphatic rings. The third-order valence-corrected chi connectivity index (χ3v) is 3.40. The Hall–Kier alpha value is -0.0800. The van der Waals surface area contributed by atoms with Gasteiger partial charge in [-0.3, -0.25) is 0 Å². The first-order valence-electron chi connectivity index (χ1n) is 6.63. The molecule has 0 aliphatic carbocycles. The van der Waals surface area contributed by atoms with E-state index in [1.807, 2.05) is 0 Å². The van der Waals surface area contributed by atoms with Crippen LogP contribution in [0.4, 0.5) is 0 Å². The molecule has 1 rings (SSSR count). The zero-order valence-corrected chi connectivity index (χ0v) is 10.6. The van der Waals surface area contributed by atoms with Crippen molar-refractivity contribution < 1.29 is 4.74 Å². The molecule has 1 N–H and O–H groups in total. The molecule has 0 bridgehead atoms. The number of hydrogen-bond donors (Lipinski definition) is 1. The molecule has 1 heterocycles. The first kappa shape index (κ1) is 13.0. The smallest absolute Gasteiger partial charge is 0.0697 e. The molecule has 1 fully saturated rings. The SMILES string of the molecule is CCCC1(CCC)CC(NCC)CCO1. The molecule has 0 aromatic rings. The predicted octanol–water partition coefficient (Wildman–Crippen LogP) is 3.11. The second-order valence-electron chi connectivity index (χ2n) is 4.78. The summed E-state index contributed by atoms with van der Waals surface area (Å²) in [5.74, 6) is 0. The second-order valence-corrected chi connectivity index (χ2v) is 4.78. The summed E-state index contributed by atoms with van der Waals surface area (Å²) in [5.41, 5.74) is 0.189. The first-order valence-corrected chi connectivity index (χ1v) is 6.63. The fourth-order valence-electron chi connectivity index (χ4n) is 2.88. The molecule has 0 radical (unpaired) electrons. The molecule has 0 aromatic carbocycles. The molecule has 0 spiro atoms. The van der Waals surface area contributed by atoms with E-state index >= 15 is 0 Å². The van der Waals surface area contributed by atoms with Crippen molar-refractivity contribution in [2.45, 2.75) is 70.9 Å². The van der Waals surface area contributed by atoms with Gasteiger partial charge in [-0.25, -0.2) is 0 Å². The number of ether oxygens (including phenoxy) is 1. The monoisotopic (exact) mass is 213 g/mol. The van der Waals surface area contributed by atoms with Gasteiger partial charge in [0, 0.05) is 12.6 Å². The summed E-state index contributed by atoms with van der Waals surface area (Å²) < 4.78 is 6.08. The summed E-state index contributed by atoms with van der Waals surface area (Å²) in [5, 5.41) is 3.58. The first-order chi connectivity index (χ1) is 7.26. The van der Waals surface area contributed by atoms with Crippen molar-refractivity contribution in [3.8, 4) is 0 Å². The van der Waals surface area contributed by atoms with Crippen molar-refractivity contribution >= 4 is 0 Å². The van der Waals surface area contributed by atoms with E-state index in [0.29, 0.717) is 6.04 Å². The van der Waals surface area contributed by atoms with E-state index in [0.717, 1.165) is 13.2 Å². The molecule has 0 aromatic heterocycles. The normalized spacial score (nSPS) is 25.4. The van der Waals surface area contributed by atoms with Gasteiger partial charge in [-0.05, 0) is 32.2 Å². The van der Waals surface area contributed by atoms with Crippen LogP contribution in [0.2, 0.25) is 0 Å². The van der Waals surface area contributed by atoms with E-state index in [9.17, 15) is 0 Å². The summed E-state index contributed by atoms with van der Waals surface area (Å²) in [6.07, 6.45) is 7.31. The van der Waals surface area contributed by atoms with Gasteiger partial charge in [-0.2, -0.15) is 0 Å². The van der Waals surface area contributed by atoms with E-state index in [2.05, 4.69) is 26.1 Å². The Bertz CT molecular complexity index is 156. The maximum Gasteiger partial charge on any atom is 0.0697 e. The van der Waals surface area contributed by atoms with Gasteiger partial charge in [0.1, 0.15) is 0 Å². The molecule has 1 saturated heterocycles. The fraction of sp³-hybridized carbons (Fsp3) is 1.00. The minimum atomic E-state index is 0.189. The van der Waals surface area contributed by atoms with Crippen molar-refractivity contribution in [2.24, 2.45) is 0 Å². The summed E-state index contributed by atoms with van der Waals surface area (Å²) in [4.78, 5) is 0. The number of hydrogen-bond acceptors (Lipinski definition) is 2. The predicted molar refractivity (Wildman–Crippen MR) is 65.2 cm³/mol. The van der Waals surface area contributed by atoms with Crippen LogP contribution in [0.25, 0.3) is 0 Å². The Morgan fingerprint density at radius 1 is 1.20 bits per heavy atom. The van der Waals surface area contributed by atoms with E-state index < -0.39 is 0 Å². The molecule has 1 atom stereocenters. The number of rotatable bonds is 6. The largest absolute Gasteiger partial charge is 0.375 e. The summed E-state index contributed by atoms with van der Waals surface area (Å²) in [7, 11) is 0. The van der Waals surface area contributed by atoms with Crippen molar-refractivity contribution in [2.75, 3.05) is 13.2 Å². The van der Waals surface area contributed by atoms with Gasteiger partial charge in [0.25, 0.3) is 0 Å². The molecule has 2 nitrogen and oxygen atoms in total. The fourth-order valence-corrected chi connectivity index (χ4v) is 2.88. The van der Waals surface area contributed by atoms with Crippen LogP contribution in [0.15, 0.2) is 0 Å². The third kappa shape index (κ3) is 3.76. The zero-order chi connectivity index (χ0) is 11.1. The van der Waals surface area contributed by atoms with E-state index in [1.54, 1.807) is 0 Å². The summed E-state index contributed by atoms with van der Waals surface area (Å²) in [6.45, 7) is 8.74. The molecule has 1 unspecified atom stereocenters. The molecule has 0 saturated carbocycles. The lowest BCUT2D eigenvalue weighted by atomic mass is 9.83. The summed E-state index contributed by atoms with van der Waals surface area (Å²) in [6, 6.07) is 0.682. The average Bonchev–Trinajstić information content (AvgIpc) is 2.19. The Morgan fingerprint density at radius 2 is 1.87 bits per heavy atom. The van der Waals surface area contributed by atoms with Gasteiger partial charge in [-0.15, -0.1) is 0 Å². The van der Waals surface area contributed by atoms with Crippen LogP contribution in [-0.2, 0) is 4.74 Å². The van der Waals surface area contributed by atoms with Crippen molar-refractivity contribution in [3.63, 3.8) is 0 Å². The molecule has 90 valence electrons. The topological polar surface area (TPSA) is 21.3 Å². The molecule has 15 heavy (non-hydrogen) atoms. The van der Waals surface area contributed by atoms with Gasteiger partial charge in [0.2, 0.25) is 0 Å². The van der Waals surface area contributed by atoms with E-state index in [-0.39, 0.29) is 5.60 Å². The summed E-state index contributed by atoms with van der Waals surface area (Å²) >= 11 is 0. The van der Waals surface area contributed by atoms with Gasteiger partial charge >= 0.3 is 0 Å². The third-order valence-electron chi connectivity index (χ3n) is 3.40. The van der Waals surface area contributed by atoms with Gasteiger partial charge in [0.15, 0.2) is 0 Å². The maximum absolute atomic E-state index is 6.08. The zero-order valence-electron chi connectivity index (χ0n) is 10.6. The van der Waals surface area contributed by atoms with Gasteiger partial charge in [-0.1, -0.05) is 33.6 Å². The van der Waals surface area contributed by atoms with Crippen LogP contribution in [0.1, 0.15) is 59.3 Å². The average molecular weight is 213 g/mol. The highest BCUT2D eigenvalue weighted by molar-refractivity contribution is 4.89. The minimum Gasteiger partial charge on any atom is -0.375 e. The molecular weight excluding hydrogens is 186 g/mol. The Kier molecular flexibility index (Phi) is 5.62. The highest BCUT2D eigenvalue weighted by Crippen LogP contribution is 2.33. The highest BCUT2D eigenvalue weighted by Gasteiger charge is 2.35. The molecule has 0 amide bonds. The lowest BCUT2D eigenvalue weighted by Crippen LogP contribution is -2.47. The minimum absolute atomic E-state index is 0.189. The van der Waals surface area contributed by atoms with Crippen LogP contribution in [0.3, 0.4) is 0 Å². The Morgan fingerprint density at radius 3 is 2.40 bits per heavy atom. The molecular formula is C13H27NO. The Labute approximate surface area is 94.8 Å². The Balaban J connectivity index is 2.53. The standard InChI is InChI=1S/C13H27NO/c1-4-8-13(9-5-2)11-12(14-6-3)7-10-15-13/h12,14H,4-11H2,1-3H3. The van der Waals surface area contributed by atoms with Crippen LogP contribution in [-0.4, -0.2) is 24.8 Å². The van der Waals surface area contributed by atoms with Crippen molar-refractivity contribution in [1.82, 2.24) is 5.32 Å². The van der Waals surface area contributed by atoms with Crippen molar-refractivity contribution in [1.29, 1.82) is 0 Å². The lowest BCUT2D eigenvalue weighted by Gasteiger charge is -2.41. The van der Waals surface area contributed by atoms with Gasteiger partial charge < -0.3 is 10.1 Å². The quantitative estimate of drug-likeness (QED) is 0.732.